The van der Waals surface area contributed by atoms with E-state index in [4.69, 9.17) is 4.74 Å². The highest BCUT2D eigenvalue weighted by Crippen LogP contribution is 2.78. The van der Waals surface area contributed by atoms with Crippen LogP contribution in [0, 0.1) is 33.5 Å². The number of Topliss-reactive ketones (excluding diaryl/α,β-unsaturated/α-hetero) is 1. The largest absolute Gasteiger partial charge is 0.573 e. The highest BCUT2D eigenvalue weighted by Gasteiger charge is 2.74. The smallest absolute Gasteiger partial charge is 0.410 e. The maximum absolute atomic E-state index is 14.8. The molecule has 6 aliphatic rings. The third kappa shape index (κ3) is 6.00. The van der Waals surface area contributed by atoms with Gasteiger partial charge in [0, 0.05) is 33.9 Å². The van der Waals surface area contributed by atoms with Gasteiger partial charge in [0.05, 0.1) is 18.2 Å². The van der Waals surface area contributed by atoms with Gasteiger partial charge in [-0.15, -0.1) is 13.2 Å². The van der Waals surface area contributed by atoms with Crippen molar-refractivity contribution in [1.82, 2.24) is 4.90 Å². The van der Waals surface area contributed by atoms with Crippen LogP contribution in [0.5, 0.6) is 11.5 Å². The zero-order valence-corrected chi connectivity index (χ0v) is 32.7. The van der Waals surface area contributed by atoms with Gasteiger partial charge in [-0.25, -0.2) is 4.79 Å². The number of amides is 1. The van der Waals surface area contributed by atoms with Crippen LogP contribution in [0.15, 0.2) is 121 Å². The molecule has 10 heteroatoms. The third-order valence-corrected chi connectivity index (χ3v) is 15.2. The second-order valence-electron chi connectivity index (χ2n) is 17.9. The van der Waals surface area contributed by atoms with Crippen LogP contribution in [0.2, 0.25) is 0 Å². The molecule has 1 amide bonds. The molecule has 2 spiro atoms. The highest BCUT2D eigenvalue weighted by atomic mass is 19.4. The second-order valence-corrected chi connectivity index (χ2v) is 17.9. The van der Waals surface area contributed by atoms with Crippen molar-refractivity contribution in [2.75, 3.05) is 6.54 Å². The molecule has 3 fully saturated rings. The summed E-state index contributed by atoms with van der Waals surface area (Å²) in [5.74, 6) is -0.151. The van der Waals surface area contributed by atoms with Crippen LogP contribution < -0.4 is 9.47 Å². The Labute approximate surface area is 336 Å². The zero-order chi connectivity index (χ0) is 40.7. The number of fused-ring (bicyclic) bond motifs is 2. The summed E-state index contributed by atoms with van der Waals surface area (Å²) in [5, 5.41) is 26.0. The molecule has 3 saturated carbocycles. The Bertz CT molecular complexity index is 2330. The number of halogens is 3. The lowest BCUT2D eigenvalue weighted by Gasteiger charge is -2.71. The Kier molecular flexibility index (Phi) is 9.02. The minimum absolute atomic E-state index is 0.0327. The van der Waals surface area contributed by atoms with Gasteiger partial charge in [-0.2, -0.15) is 0 Å². The number of carbonyl (C=O) groups is 2. The van der Waals surface area contributed by atoms with E-state index in [1.165, 1.54) is 29.2 Å². The molecule has 4 aromatic carbocycles. The van der Waals surface area contributed by atoms with Gasteiger partial charge in [-0.05, 0) is 103 Å². The van der Waals surface area contributed by atoms with Crippen LogP contribution in [0.4, 0.5) is 18.0 Å². The van der Waals surface area contributed by atoms with Gasteiger partial charge in [-0.3, -0.25) is 4.79 Å². The lowest BCUT2D eigenvalue weighted by Crippen LogP contribution is -2.67. The Morgan fingerprint density at radius 2 is 1.45 bits per heavy atom. The Morgan fingerprint density at radius 3 is 2.19 bits per heavy atom. The lowest BCUT2D eigenvalue weighted by molar-refractivity contribution is -0.274. The summed E-state index contributed by atoms with van der Waals surface area (Å²) in [5.41, 5.74) is -1.65. The summed E-state index contributed by atoms with van der Waals surface area (Å²) >= 11 is 0. The van der Waals surface area contributed by atoms with Crippen LogP contribution in [0.1, 0.15) is 74.7 Å². The van der Waals surface area contributed by atoms with E-state index in [0.29, 0.717) is 49.0 Å². The lowest BCUT2D eigenvalue weighted by atomic mass is 9.32. The number of alkyl halides is 3. The molecule has 8 atom stereocenters. The number of aliphatic hydroxyl groups is 2. The number of benzene rings is 4. The van der Waals surface area contributed by atoms with E-state index in [1.54, 1.807) is 12.1 Å². The molecule has 4 aromatic rings. The van der Waals surface area contributed by atoms with E-state index < -0.39 is 40.4 Å². The third-order valence-electron chi connectivity index (χ3n) is 15.2. The first kappa shape index (κ1) is 38.6. The molecular weight excluding hydrogens is 744 g/mol. The fourth-order valence-electron chi connectivity index (χ4n) is 12.3. The number of nitrogens with zero attached hydrogens (tertiary/aromatic N) is 1. The predicted octanol–water partition coefficient (Wildman–Crippen LogP) is 10.2. The monoisotopic (exact) mass is 791 g/mol. The van der Waals surface area contributed by atoms with Gasteiger partial charge in [-0.1, -0.05) is 105 Å². The van der Waals surface area contributed by atoms with Crippen molar-refractivity contribution in [3.05, 3.63) is 132 Å². The number of hydrogen-bond acceptors (Lipinski definition) is 6. The van der Waals surface area contributed by atoms with Crippen molar-refractivity contribution in [1.29, 1.82) is 0 Å². The Hall–Kier alpha value is -4.93. The summed E-state index contributed by atoms with van der Waals surface area (Å²) in [7, 11) is 0. The first-order valence-corrected chi connectivity index (χ1v) is 20.3. The number of hydrogen-bond donors (Lipinski definition) is 2. The number of ketones is 1. The van der Waals surface area contributed by atoms with Crippen molar-refractivity contribution in [3.8, 4) is 11.5 Å². The molecular formula is C48H48F3NO6. The maximum atomic E-state index is 14.8. The molecule has 8 unspecified atom stereocenters. The van der Waals surface area contributed by atoms with Crippen molar-refractivity contribution in [3.63, 3.8) is 0 Å². The summed E-state index contributed by atoms with van der Waals surface area (Å²) in [4.78, 5) is 30.6. The topological polar surface area (TPSA) is 96.3 Å². The molecule has 0 heterocycles. The van der Waals surface area contributed by atoms with E-state index in [2.05, 4.69) is 36.8 Å². The van der Waals surface area contributed by atoms with Crippen LogP contribution >= 0.6 is 0 Å². The molecule has 10 rings (SSSR count). The van der Waals surface area contributed by atoms with Crippen LogP contribution in [0.3, 0.4) is 0 Å². The average molecular weight is 792 g/mol. The van der Waals surface area contributed by atoms with Gasteiger partial charge in [0.2, 0.25) is 0 Å². The summed E-state index contributed by atoms with van der Waals surface area (Å²) in [6, 6.07) is 27.7. The van der Waals surface area contributed by atoms with E-state index >= 15 is 0 Å². The SMILES string of the molecule is CC12CCC(O)CC13C=CC1(C(C(=O)c4ccccc4)=C3)C2CCC2(C)C1CCC2(O)CN(Cc1ccc(OC(F)(F)F)cc1)C(=O)Oc1ccc2ccccc2c1. The number of aliphatic hydroxyl groups excluding tert-OH is 1. The van der Waals surface area contributed by atoms with Crippen molar-refractivity contribution in [2.24, 2.45) is 33.5 Å². The Morgan fingerprint density at radius 1 is 0.793 bits per heavy atom. The molecule has 2 bridgehead atoms. The van der Waals surface area contributed by atoms with E-state index in [1.807, 2.05) is 60.7 Å². The van der Waals surface area contributed by atoms with Gasteiger partial charge < -0.3 is 24.6 Å². The van der Waals surface area contributed by atoms with Crippen LogP contribution in [-0.2, 0) is 6.54 Å². The highest BCUT2D eigenvalue weighted by molar-refractivity contribution is 6.10. The van der Waals surface area contributed by atoms with Crippen molar-refractivity contribution in [2.45, 2.75) is 83.4 Å². The van der Waals surface area contributed by atoms with Gasteiger partial charge in [0.1, 0.15) is 11.5 Å². The van der Waals surface area contributed by atoms with Gasteiger partial charge in [0.25, 0.3) is 0 Å². The molecule has 0 aliphatic heterocycles. The number of carbonyl (C=O) groups excluding carboxylic acids is 2. The molecule has 0 saturated heterocycles. The van der Waals surface area contributed by atoms with Crippen LogP contribution in [-0.4, -0.2) is 51.6 Å². The summed E-state index contributed by atoms with van der Waals surface area (Å²) in [6.45, 7) is 4.29. The number of ether oxygens (including phenoxy) is 2. The molecule has 2 N–H and O–H groups in total. The Balaban J connectivity index is 1.08. The minimum Gasteiger partial charge on any atom is -0.410 e. The first-order chi connectivity index (χ1) is 27.6. The predicted molar refractivity (Wildman–Crippen MR) is 213 cm³/mol. The fraction of sp³-hybridized carbons (Fsp3) is 0.417. The maximum Gasteiger partial charge on any atom is 0.573 e. The standard InChI is InChI=1S/C48H48F3NO6/c1-43-21-18-35(53)27-45(43)24-25-47(38(28-45)41(54)33-9-4-3-5-10-33)39(43)19-22-44(2)40(47)20-23-46(44,56)30-52(29-31-12-15-36(16-13-31)58-48(49,50)51)42(55)57-37-17-14-32-8-6-7-11-34(32)26-37/h3-17,24-26,28,35,39-40,53,56H,18-23,27,29-30H2,1-2H3. The zero-order valence-electron chi connectivity index (χ0n) is 32.7. The van der Waals surface area contributed by atoms with Crippen molar-refractivity contribution < 1.29 is 42.4 Å². The molecule has 0 radical (unpaired) electrons. The van der Waals surface area contributed by atoms with Crippen molar-refractivity contribution >= 4 is 22.6 Å². The fourth-order valence-corrected chi connectivity index (χ4v) is 12.3. The van der Waals surface area contributed by atoms with Gasteiger partial charge in [0.15, 0.2) is 5.78 Å². The number of rotatable bonds is 8. The number of allylic oxidation sites excluding steroid dienone is 4. The normalized spacial score (nSPS) is 33.4. The minimum atomic E-state index is -4.85. The molecule has 0 aromatic heterocycles. The molecule has 58 heavy (non-hydrogen) atoms. The quantitative estimate of drug-likeness (QED) is 0.136. The van der Waals surface area contributed by atoms with E-state index in [-0.39, 0.29) is 41.9 Å². The second kappa shape index (κ2) is 13.6. The van der Waals surface area contributed by atoms with Gasteiger partial charge >= 0.3 is 12.5 Å². The van der Waals surface area contributed by atoms with E-state index in [9.17, 15) is 33.0 Å². The summed E-state index contributed by atoms with van der Waals surface area (Å²) in [6.07, 6.45) is 5.13. The first-order valence-electron chi connectivity index (χ1n) is 20.3. The molecule has 302 valence electrons. The summed E-state index contributed by atoms with van der Waals surface area (Å²) < 4.78 is 49.0. The van der Waals surface area contributed by atoms with Crippen LogP contribution in [0.25, 0.3) is 10.8 Å². The average Bonchev–Trinajstić information content (AvgIpc) is 3.47. The molecule has 6 aliphatic carbocycles. The molecule has 7 nitrogen and oxygen atoms in total. The van der Waals surface area contributed by atoms with E-state index in [0.717, 1.165) is 29.2 Å².